The van der Waals surface area contributed by atoms with Gasteiger partial charge in [0, 0.05) is 12.7 Å². The fourth-order valence-electron chi connectivity index (χ4n) is 1.09. The number of benzene rings is 1. The fraction of sp³-hybridized carbons (Fsp3) is 0.417. The van der Waals surface area contributed by atoms with Crippen LogP contribution in [0.2, 0.25) is 0 Å². The second-order valence-corrected chi connectivity index (χ2v) is 4.78. The van der Waals surface area contributed by atoms with E-state index in [0.29, 0.717) is 5.75 Å². The molecule has 1 aromatic carbocycles. The smallest absolute Gasteiger partial charge is 0.185 e. The average molecular weight is 240 g/mol. The van der Waals surface area contributed by atoms with E-state index in [1.165, 1.54) is 12.5 Å². The molecule has 1 N–H and O–H groups in total. The average Bonchev–Trinajstić information content (AvgIpc) is 2.25. The van der Waals surface area contributed by atoms with Gasteiger partial charge in [-0.3, -0.25) is 4.79 Å². The second-order valence-electron chi connectivity index (χ2n) is 3.58. The number of carbonyl (C=O) groups is 1. The maximum atomic E-state index is 10.7. The highest BCUT2D eigenvalue weighted by Crippen LogP contribution is 2.12. The summed E-state index contributed by atoms with van der Waals surface area (Å²) in [5.41, 5.74) is 1.17. The largest absolute Gasteiger partial charge is 0.491 e. The van der Waals surface area contributed by atoms with E-state index in [-0.39, 0.29) is 11.7 Å². The Bertz CT molecular complexity index is 335. The maximum Gasteiger partial charge on any atom is 0.185 e. The number of thioether (sulfide) groups is 1. The van der Waals surface area contributed by atoms with E-state index < -0.39 is 6.10 Å². The van der Waals surface area contributed by atoms with E-state index >= 15 is 0 Å². The van der Waals surface area contributed by atoms with E-state index in [2.05, 4.69) is 0 Å². The maximum absolute atomic E-state index is 10.7. The molecule has 0 spiro atoms. The molecule has 0 saturated carbocycles. The Morgan fingerprint density at radius 3 is 2.62 bits per heavy atom. The predicted molar refractivity (Wildman–Crippen MR) is 65.8 cm³/mol. The number of aliphatic hydroxyl groups excluding tert-OH is 1. The number of ether oxygens (including phenoxy) is 1. The van der Waals surface area contributed by atoms with Gasteiger partial charge >= 0.3 is 0 Å². The van der Waals surface area contributed by atoms with Gasteiger partial charge in [0.05, 0.1) is 6.10 Å². The first-order valence-electron chi connectivity index (χ1n) is 5.09. The van der Waals surface area contributed by atoms with Gasteiger partial charge in [0.1, 0.15) is 12.4 Å². The van der Waals surface area contributed by atoms with Gasteiger partial charge in [-0.05, 0) is 19.1 Å². The first-order chi connectivity index (χ1) is 7.58. The number of hydrogen-bond acceptors (Lipinski definition) is 4. The van der Waals surface area contributed by atoms with Crippen LogP contribution in [0, 0.1) is 6.92 Å². The highest BCUT2D eigenvalue weighted by atomic mass is 32.2. The minimum atomic E-state index is -0.616. The Kier molecular flexibility index (Phi) is 5.35. The van der Waals surface area contributed by atoms with Gasteiger partial charge in [0.15, 0.2) is 5.12 Å². The number of aryl methyl sites for hydroxylation is 1. The lowest BCUT2D eigenvalue weighted by Crippen LogP contribution is -2.20. The van der Waals surface area contributed by atoms with Crippen LogP contribution in [0.1, 0.15) is 12.5 Å². The molecular formula is C12H16O3S. The Hall–Kier alpha value is -1.00. The lowest BCUT2D eigenvalue weighted by molar-refractivity contribution is -0.109. The molecule has 88 valence electrons. The Morgan fingerprint density at radius 1 is 1.44 bits per heavy atom. The monoisotopic (exact) mass is 240 g/mol. The van der Waals surface area contributed by atoms with E-state index in [1.807, 2.05) is 31.2 Å². The van der Waals surface area contributed by atoms with Gasteiger partial charge in [-0.15, -0.1) is 0 Å². The zero-order valence-electron chi connectivity index (χ0n) is 9.47. The summed E-state index contributed by atoms with van der Waals surface area (Å²) in [4.78, 5) is 10.7. The highest BCUT2D eigenvalue weighted by molar-refractivity contribution is 8.13. The summed E-state index contributed by atoms with van der Waals surface area (Å²) in [6, 6.07) is 7.62. The van der Waals surface area contributed by atoms with Gasteiger partial charge in [0.25, 0.3) is 0 Å². The van der Waals surface area contributed by atoms with Crippen molar-refractivity contribution in [3.05, 3.63) is 29.8 Å². The summed E-state index contributed by atoms with van der Waals surface area (Å²) in [5, 5.41) is 9.52. The molecule has 0 aliphatic heterocycles. The van der Waals surface area contributed by atoms with Gasteiger partial charge < -0.3 is 9.84 Å². The van der Waals surface area contributed by atoms with Crippen molar-refractivity contribution in [3.63, 3.8) is 0 Å². The molecule has 4 heteroatoms. The van der Waals surface area contributed by atoms with Crippen molar-refractivity contribution >= 4 is 16.9 Å². The van der Waals surface area contributed by atoms with Crippen molar-refractivity contribution in [2.45, 2.75) is 20.0 Å². The standard InChI is InChI=1S/C12H16O3S/c1-9-3-5-12(6-4-9)15-7-11(14)8-16-10(2)13/h3-6,11,14H,7-8H2,1-2H3. The van der Waals surface area contributed by atoms with E-state index in [4.69, 9.17) is 4.74 Å². The number of aliphatic hydroxyl groups is 1. The fourth-order valence-corrected chi connectivity index (χ4v) is 1.61. The molecule has 0 saturated heterocycles. The Labute approximate surface area is 99.8 Å². The van der Waals surface area contributed by atoms with Crippen molar-refractivity contribution < 1.29 is 14.6 Å². The molecule has 0 aromatic heterocycles. The van der Waals surface area contributed by atoms with Crippen molar-refractivity contribution in [1.29, 1.82) is 0 Å². The van der Waals surface area contributed by atoms with Gasteiger partial charge in [-0.1, -0.05) is 29.5 Å². The normalized spacial score (nSPS) is 12.2. The molecule has 0 bridgehead atoms. The van der Waals surface area contributed by atoms with Crippen LogP contribution in [0.15, 0.2) is 24.3 Å². The Balaban J connectivity index is 2.28. The first-order valence-corrected chi connectivity index (χ1v) is 6.07. The minimum Gasteiger partial charge on any atom is -0.491 e. The third kappa shape index (κ3) is 5.19. The molecule has 16 heavy (non-hydrogen) atoms. The summed E-state index contributed by atoms with van der Waals surface area (Å²) >= 11 is 1.11. The van der Waals surface area contributed by atoms with Crippen LogP contribution < -0.4 is 4.74 Å². The third-order valence-electron chi connectivity index (χ3n) is 1.94. The molecular weight excluding hydrogens is 224 g/mol. The van der Waals surface area contributed by atoms with Gasteiger partial charge in [-0.2, -0.15) is 0 Å². The van der Waals surface area contributed by atoms with Crippen molar-refractivity contribution in [2.24, 2.45) is 0 Å². The van der Waals surface area contributed by atoms with Crippen LogP contribution >= 0.6 is 11.8 Å². The molecule has 1 atom stereocenters. The van der Waals surface area contributed by atoms with Crippen molar-refractivity contribution in [1.82, 2.24) is 0 Å². The van der Waals surface area contributed by atoms with Gasteiger partial charge in [-0.25, -0.2) is 0 Å². The van der Waals surface area contributed by atoms with E-state index in [9.17, 15) is 9.90 Å². The summed E-state index contributed by atoms with van der Waals surface area (Å²) in [6.07, 6.45) is -0.616. The topological polar surface area (TPSA) is 46.5 Å². The SMILES string of the molecule is CC(=O)SCC(O)COc1ccc(C)cc1. The second kappa shape index (κ2) is 6.55. The zero-order valence-corrected chi connectivity index (χ0v) is 10.3. The van der Waals surface area contributed by atoms with Crippen LogP contribution in [0.5, 0.6) is 5.75 Å². The third-order valence-corrected chi connectivity index (χ3v) is 2.90. The molecule has 3 nitrogen and oxygen atoms in total. The van der Waals surface area contributed by atoms with E-state index in [1.54, 1.807) is 0 Å². The summed E-state index contributed by atoms with van der Waals surface area (Å²) in [5.74, 6) is 1.11. The van der Waals surface area contributed by atoms with Crippen LogP contribution in [-0.2, 0) is 4.79 Å². The first kappa shape index (κ1) is 13.1. The predicted octanol–water partition coefficient (Wildman–Crippen LogP) is 2.01. The molecule has 1 rings (SSSR count). The summed E-state index contributed by atoms with van der Waals surface area (Å²) < 4.78 is 5.38. The van der Waals surface area contributed by atoms with E-state index in [0.717, 1.165) is 17.5 Å². The van der Waals surface area contributed by atoms with Crippen LogP contribution in [0.25, 0.3) is 0 Å². The molecule has 0 heterocycles. The highest BCUT2D eigenvalue weighted by Gasteiger charge is 2.07. The molecule has 0 radical (unpaired) electrons. The lowest BCUT2D eigenvalue weighted by Gasteiger charge is -2.11. The Morgan fingerprint density at radius 2 is 2.06 bits per heavy atom. The molecule has 0 aliphatic rings. The van der Waals surface area contributed by atoms with Gasteiger partial charge in [0.2, 0.25) is 0 Å². The quantitative estimate of drug-likeness (QED) is 0.855. The molecule has 0 fully saturated rings. The van der Waals surface area contributed by atoms with Crippen molar-refractivity contribution in [3.8, 4) is 5.75 Å². The lowest BCUT2D eigenvalue weighted by atomic mass is 10.2. The van der Waals surface area contributed by atoms with Crippen LogP contribution in [-0.4, -0.2) is 28.7 Å². The number of rotatable bonds is 5. The summed E-state index contributed by atoms with van der Waals surface area (Å²) in [6.45, 7) is 3.70. The summed E-state index contributed by atoms with van der Waals surface area (Å²) in [7, 11) is 0. The van der Waals surface area contributed by atoms with Crippen molar-refractivity contribution in [2.75, 3.05) is 12.4 Å². The molecule has 0 aliphatic carbocycles. The minimum absolute atomic E-state index is 0.00869. The van der Waals surface area contributed by atoms with Crippen LogP contribution in [0.3, 0.4) is 0 Å². The number of carbonyl (C=O) groups excluding carboxylic acids is 1. The zero-order chi connectivity index (χ0) is 12.0. The molecule has 0 amide bonds. The number of hydrogen-bond donors (Lipinski definition) is 1. The molecule has 1 unspecified atom stereocenters. The molecule has 1 aromatic rings. The van der Waals surface area contributed by atoms with Crippen LogP contribution in [0.4, 0.5) is 0 Å².